The van der Waals surface area contributed by atoms with Crippen LogP contribution in [0, 0.1) is 11.7 Å². The van der Waals surface area contributed by atoms with Crippen molar-refractivity contribution < 1.29 is 19.0 Å². The van der Waals surface area contributed by atoms with E-state index in [0.29, 0.717) is 6.61 Å². The molecule has 18 heavy (non-hydrogen) atoms. The monoisotopic (exact) mass is 255 g/mol. The smallest absolute Gasteiger partial charge is 0.258 e. The minimum Gasteiger partial charge on any atom is -0.507 e. The molecule has 1 amide bonds. The number of carbonyl (C=O) groups excluding carboxylic acids is 1. The molecule has 0 aliphatic carbocycles. The van der Waals surface area contributed by atoms with Crippen molar-refractivity contribution in [3.8, 4) is 5.75 Å². The van der Waals surface area contributed by atoms with E-state index < -0.39 is 11.7 Å². The topological polar surface area (TPSA) is 58.6 Å². The number of hydrogen-bond donors (Lipinski definition) is 2. The van der Waals surface area contributed by atoms with Crippen LogP contribution < -0.4 is 5.32 Å². The predicted octanol–water partition coefficient (Wildman–Crippen LogP) is 1.93. The molecule has 0 heterocycles. The Morgan fingerprint density at radius 1 is 1.50 bits per heavy atom. The lowest BCUT2D eigenvalue weighted by molar-refractivity contribution is 0.0860. The van der Waals surface area contributed by atoms with E-state index in [2.05, 4.69) is 5.32 Å². The van der Waals surface area contributed by atoms with Gasteiger partial charge in [-0.25, -0.2) is 4.39 Å². The van der Waals surface area contributed by atoms with Gasteiger partial charge in [-0.1, -0.05) is 19.9 Å². The second-order valence-corrected chi connectivity index (χ2v) is 4.41. The number of hydrogen-bond acceptors (Lipinski definition) is 3. The first-order chi connectivity index (χ1) is 8.47. The van der Waals surface area contributed by atoms with E-state index in [-0.39, 0.29) is 23.3 Å². The molecule has 100 valence electrons. The Kier molecular flexibility index (Phi) is 5.09. The second kappa shape index (κ2) is 6.35. The molecule has 2 N–H and O–H groups in total. The molecule has 4 nitrogen and oxygen atoms in total. The third kappa shape index (κ3) is 3.43. The number of phenolic OH excluding ortho intramolecular Hbond substituents is 1. The van der Waals surface area contributed by atoms with Gasteiger partial charge in [0, 0.05) is 7.11 Å². The number of aromatic hydroxyl groups is 1. The van der Waals surface area contributed by atoms with Crippen molar-refractivity contribution >= 4 is 5.91 Å². The molecule has 0 fully saturated rings. The number of benzene rings is 1. The molecular weight excluding hydrogens is 237 g/mol. The van der Waals surface area contributed by atoms with Crippen LogP contribution in [0.1, 0.15) is 24.2 Å². The Morgan fingerprint density at radius 3 is 2.67 bits per heavy atom. The quantitative estimate of drug-likeness (QED) is 0.845. The van der Waals surface area contributed by atoms with Crippen molar-refractivity contribution in [2.24, 2.45) is 5.92 Å². The zero-order valence-corrected chi connectivity index (χ0v) is 10.7. The summed E-state index contributed by atoms with van der Waals surface area (Å²) in [5.41, 5.74) is -0.334. The van der Waals surface area contributed by atoms with Gasteiger partial charge >= 0.3 is 0 Å². The van der Waals surface area contributed by atoms with E-state index in [1.165, 1.54) is 19.2 Å². The summed E-state index contributed by atoms with van der Waals surface area (Å²) in [6.45, 7) is 4.18. The van der Waals surface area contributed by atoms with Crippen LogP contribution in [-0.4, -0.2) is 30.8 Å². The molecule has 0 saturated carbocycles. The fourth-order valence-electron chi connectivity index (χ4n) is 1.56. The third-order valence-electron chi connectivity index (χ3n) is 2.69. The lowest BCUT2D eigenvalue weighted by Gasteiger charge is -2.21. The SMILES string of the molecule is COC[C@@H](NC(=O)c1c(O)cccc1F)C(C)C. The average Bonchev–Trinajstić information content (AvgIpc) is 2.28. The fraction of sp³-hybridized carbons (Fsp3) is 0.462. The molecule has 5 heteroatoms. The zero-order valence-electron chi connectivity index (χ0n) is 10.7. The molecule has 0 spiro atoms. The fourth-order valence-corrected chi connectivity index (χ4v) is 1.56. The maximum Gasteiger partial charge on any atom is 0.258 e. The van der Waals surface area contributed by atoms with Crippen LogP contribution >= 0.6 is 0 Å². The van der Waals surface area contributed by atoms with Gasteiger partial charge < -0.3 is 15.2 Å². The number of nitrogens with one attached hydrogen (secondary N) is 1. The van der Waals surface area contributed by atoms with E-state index in [0.717, 1.165) is 6.07 Å². The van der Waals surface area contributed by atoms with E-state index in [1.54, 1.807) is 0 Å². The number of ether oxygens (including phenoxy) is 1. The Bertz CT molecular complexity index is 400. The molecule has 1 rings (SSSR count). The van der Waals surface area contributed by atoms with Gasteiger partial charge in [0.2, 0.25) is 0 Å². The van der Waals surface area contributed by atoms with Crippen molar-refractivity contribution in [3.63, 3.8) is 0 Å². The molecule has 0 aliphatic rings. The molecule has 0 unspecified atom stereocenters. The van der Waals surface area contributed by atoms with E-state index in [4.69, 9.17) is 4.74 Å². The maximum absolute atomic E-state index is 13.5. The molecule has 1 atom stereocenters. The van der Waals surface area contributed by atoms with Gasteiger partial charge in [-0.3, -0.25) is 4.79 Å². The molecule has 0 aromatic heterocycles. The number of halogens is 1. The van der Waals surface area contributed by atoms with Crippen LogP contribution in [0.3, 0.4) is 0 Å². The van der Waals surface area contributed by atoms with Gasteiger partial charge in [-0.05, 0) is 18.1 Å². The van der Waals surface area contributed by atoms with Gasteiger partial charge in [-0.2, -0.15) is 0 Å². The number of methoxy groups -OCH3 is 1. The van der Waals surface area contributed by atoms with Gasteiger partial charge in [0.15, 0.2) is 0 Å². The van der Waals surface area contributed by atoms with Crippen LogP contribution in [0.2, 0.25) is 0 Å². The van der Waals surface area contributed by atoms with E-state index >= 15 is 0 Å². The van der Waals surface area contributed by atoms with Crippen molar-refractivity contribution in [2.45, 2.75) is 19.9 Å². The highest BCUT2D eigenvalue weighted by atomic mass is 19.1. The first-order valence-electron chi connectivity index (χ1n) is 5.74. The Hall–Kier alpha value is -1.62. The Morgan fingerprint density at radius 2 is 2.17 bits per heavy atom. The van der Waals surface area contributed by atoms with E-state index in [9.17, 15) is 14.3 Å². The van der Waals surface area contributed by atoms with Gasteiger partial charge in [0.25, 0.3) is 5.91 Å². The third-order valence-corrected chi connectivity index (χ3v) is 2.69. The lowest BCUT2D eigenvalue weighted by Crippen LogP contribution is -2.42. The van der Waals surface area contributed by atoms with Crippen LogP contribution in [0.25, 0.3) is 0 Å². The maximum atomic E-state index is 13.5. The molecule has 0 aliphatic heterocycles. The number of carbonyl (C=O) groups is 1. The van der Waals surface area contributed by atoms with Crippen LogP contribution in [-0.2, 0) is 4.74 Å². The molecular formula is C13H18FNO3. The van der Waals surface area contributed by atoms with Crippen molar-refractivity contribution in [3.05, 3.63) is 29.6 Å². The second-order valence-electron chi connectivity index (χ2n) is 4.41. The summed E-state index contributed by atoms with van der Waals surface area (Å²) < 4.78 is 18.5. The highest BCUT2D eigenvalue weighted by Crippen LogP contribution is 2.20. The van der Waals surface area contributed by atoms with Gasteiger partial charge in [0.1, 0.15) is 17.1 Å². The zero-order chi connectivity index (χ0) is 13.7. The summed E-state index contributed by atoms with van der Waals surface area (Å²) in [6, 6.07) is 3.52. The molecule has 1 aromatic carbocycles. The van der Waals surface area contributed by atoms with Crippen LogP contribution in [0.15, 0.2) is 18.2 Å². The Labute approximate surface area is 106 Å². The first-order valence-corrected chi connectivity index (χ1v) is 5.74. The molecule has 0 bridgehead atoms. The highest BCUT2D eigenvalue weighted by Gasteiger charge is 2.21. The summed E-state index contributed by atoms with van der Waals surface area (Å²) in [5, 5.41) is 12.2. The molecule has 0 saturated heterocycles. The summed E-state index contributed by atoms with van der Waals surface area (Å²) >= 11 is 0. The highest BCUT2D eigenvalue weighted by molar-refractivity contribution is 5.97. The van der Waals surface area contributed by atoms with Gasteiger partial charge in [-0.15, -0.1) is 0 Å². The number of phenols is 1. The molecule has 1 aromatic rings. The standard InChI is InChI=1S/C13H18FNO3/c1-8(2)10(7-18-3)15-13(17)12-9(14)5-4-6-11(12)16/h4-6,8,10,16H,7H2,1-3H3,(H,15,17)/t10-/m1/s1. The largest absolute Gasteiger partial charge is 0.507 e. The predicted molar refractivity (Wildman–Crippen MR) is 66.0 cm³/mol. The minimum absolute atomic E-state index is 0.141. The lowest BCUT2D eigenvalue weighted by atomic mass is 10.0. The summed E-state index contributed by atoms with van der Waals surface area (Å²) in [4.78, 5) is 11.9. The first kappa shape index (κ1) is 14.4. The normalized spacial score (nSPS) is 12.5. The summed E-state index contributed by atoms with van der Waals surface area (Å²) in [7, 11) is 1.53. The van der Waals surface area contributed by atoms with Crippen molar-refractivity contribution in [1.82, 2.24) is 5.32 Å². The number of rotatable bonds is 5. The van der Waals surface area contributed by atoms with E-state index in [1.807, 2.05) is 13.8 Å². The minimum atomic E-state index is -0.743. The molecule has 0 radical (unpaired) electrons. The number of amides is 1. The average molecular weight is 255 g/mol. The Balaban J connectivity index is 2.87. The van der Waals surface area contributed by atoms with Crippen LogP contribution in [0.4, 0.5) is 4.39 Å². The van der Waals surface area contributed by atoms with Crippen molar-refractivity contribution in [1.29, 1.82) is 0 Å². The van der Waals surface area contributed by atoms with Gasteiger partial charge in [0.05, 0.1) is 12.6 Å². The van der Waals surface area contributed by atoms with Crippen LogP contribution in [0.5, 0.6) is 5.75 Å². The summed E-state index contributed by atoms with van der Waals surface area (Å²) in [6.07, 6.45) is 0. The van der Waals surface area contributed by atoms with Crippen molar-refractivity contribution in [2.75, 3.05) is 13.7 Å². The summed E-state index contributed by atoms with van der Waals surface area (Å²) in [5.74, 6) is -1.61.